The molecule has 1 saturated carbocycles. The highest BCUT2D eigenvalue weighted by Crippen LogP contribution is 2.43. The summed E-state index contributed by atoms with van der Waals surface area (Å²) in [5.41, 5.74) is 0. The van der Waals surface area contributed by atoms with Crippen LogP contribution in [0.15, 0.2) is 12.7 Å². The van der Waals surface area contributed by atoms with Gasteiger partial charge in [0.05, 0.1) is 6.10 Å². The molecule has 0 radical (unpaired) electrons. The topological polar surface area (TPSA) is 43.4 Å². The second kappa shape index (κ2) is 6.77. The van der Waals surface area contributed by atoms with Gasteiger partial charge in [0.2, 0.25) is 0 Å². The third-order valence-electron chi connectivity index (χ3n) is 5.36. The first-order valence-corrected chi connectivity index (χ1v) is 15.0. The van der Waals surface area contributed by atoms with Crippen molar-refractivity contribution in [2.75, 3.05) is 0 Å². The third-order valence-corrected chi connectivity index (χ3v) is 11.7. The molecule has 0 N–H and O–H groups in total. The van der Waals surface area contributed by atoms with Gasteiger partial charge in [-0.05, 0) is 24.6 Å². The number of Topliss-reactive ketones (excluding diaryl/α,β-unsaturated/α-hetero) is 1. The molecule has 3 nitrogen and oxygen atoms in total. The van der Waals surface area contributed by atoms with E-state index in [2.05, 4.69) is 60.1 Å². The molecule has 1 aliphatic carbocycles. The lowest BCUT2D eigenvalue weighted by molar-refractivity contribution is -0.125. The van der Waals surface area contributed by atoms with E-state index >= 15 is 0 Å². The summed E-state index contributed by atoms with van der Waals surface area (Å²) in [4.78, 5) is 25.6. The van der Waals surface area contributed by atoms with Gasteiger partial charge in [-0.15, -0.1) is 6.58 Å². The van der Waals surface area contributed by atoms with Crippen molar-refractivity contribution in [3.63, 3.8) is 0 Å². The molecule has 1 rings (SSSR count). The molecule has 0 aromatic rings. The van der Waals surface area contributed by atoms with Crippen LogP contribution >= 0.6 is 0 Å². The standard InChI is InChI=1S/C18H34O3Si2/c1-10-11-13-14(19)12-15(16(13)17(20)22(5,6)7)21-23(8,9)18(2,3)4/h10,13,15-16H,1,11-12H2,2-9H3. The van der Waals surface area contributed by atoms with E-state index in [0.717, 1.165) is 0 Å². The van der Waals surface area contributed by atoms with Gasteiger partial charge in [0.15, 0.2) is 8.32 Å². The van der Waals surface area contributed by atoms with Gasteiger partial charge in [-0.2, -0.15) is 0 Å². The molecule has 1 aliphatic rings. The normalized spacial score (nSPS) is 26.4. The fraction of sp³-hybridized carbons (Fsp3) is 0.778. The first-order valence-electron chi connectivity index (χ1n) is 8.58. The van der Waals surface area contributed by atoms with Crippen LogP contribution in [0.5, 0.6) is 0 Å². The van der Waals surface area contributed by atoms with E-state index in [9.17, 15) is 9.59 Å². The molecule has 1 fully saturated rings. The molecule has 0 bridgehead atoms. The predicted molar refractivity (Wildman–Crippen MR) is 102 cm³/mol. The second-order valence-electron chi connectivity index (χ2n) is 9.36. The van der Waals surface area contributed by atoms with Crippen LogP contribution in [0.3, 0.4) is 0 Å². The van der Waals surface area contributed by atoms with Crippen LogP contribution < -0.4 is 0 Å². The minimum absolute atomic E-state index is 0.0688. The van der Waals surface area contributed by atoms with Gasteiger partial charge in [0.25, 0.3) is 0 Å². The van der Waals surface area contributed by atoms with E-state index in [1.807, 2.05) is 0 Å². The maximum atomic E-state index is 13.1. The zero-order chi connectivity index (χ0) is 18.2. The SMILES string of the molecule is C=CCC1C(=O)CC(O[Si](C)(C)C(C)(C)C)C1C(=O)[Si](C)(C)C. The maximum absolute atomic E-state index is 13.1. The second-order valence-corrected chi connectivity index (χ2v) is 19.1. The largest absolute Gasteiger partial charge is 0.413 e. The highest BCUT2D eigenvalue weighted by Gasteiger charge is 2.52. The van der Waals surface area contributed by atoms with Crippen LogP contribution in [-0.4, -0.2) is 33.7 Å². The van der Waals surface area contributed by atoms with Crippen molar-refractivity contribution in [1.29, 1.82) is 0 Å². The molecule has 0 aromatic heterocycles. The van der Waals surface area contributed by atoms with Crippen LogP contribution in [-0.2, 0) is 14.0 Å². The van der Waals surface area contributed by atoms with Crippen LogP contribution in [0, 0.1) is 11.8 Å². The van der Waals surface area contributed by atoms with E-state index in [0.29, 0.717) is 12.8 Å². The Balaban J connectivity index is 3.17. The average Bonchev–Trinajstić information content (AvgIpc) is 2.62. The Morgan fingerprint density at radius 2 is 1.78 bits per heavy atom. The van der Waals surface area contributed by atoms with Gasteiger partial charge in [0.1, 0.15) is 19.3 Å². The number of hydrogen-bond donors (Lipinski definition) is 0. The van der Waals surface area contributed by atoms with Crippen molar-refractivity contribution < 1.29 is 14.0 Å². The number of hydrogen-bond acceptors (Lipinski definition) is 3. The summed E-state index contributed by atoms with van der Waals surface area (Å²) in [5.74, 6) is -0.340. The fourth-order valence-corrected chi connectivity index (χ4v) is 5.64. The minimum atomic E-state index is -2.01. The van der Waals surface area contributed by atoms with Crippen LogP contribution in [0.1, 0.15) is 33.6 Å². The van der Waals surface area contributed by atoms with E-state index in [4.69, 9.17) is 4.43 Å². The van der Waals surface area contributed by atoms with E-state index in [1.54, 1.807) is 6.08 Å². The van der Waals surface area contributed by atoms with E-state index < -0.39 is 16.4 Å². The van der Waals surface area contributed by atoms with Crippen LogP contribution in [0.2, 0.25) is 37.8 Å². The van der Waals surface area contributed by atoms with Gasteiger partial charge in [-0.25, -0.2) is 0 Å². The quantitative estimate of drug-likeness (QED) is 0.517. The smallest absolute Gasteiger partial charge is 0.192 e. The Labute approximate surface area is 144 Å². The summed E-state index contributed by atoms with van der Waals surface area (Å²) in [6, 6.07) is 0. The highest BCUT2D eigenvalue weighted by atomic mass is 28.4. The van der Waals surface area contributed by atoms with Crippen molar-refractivity contribution >= 4 is 27.6 Å². The molecule has 3 atom stereocenters. The molecular formula is C18H34O3Si2. The molecule has 0 amide bonds. The molecule has 0 saturated heterocycles. The first-order chi connectivity index (χ1) is 10.2. The highest BCUT2D eigenvalue weighted by molar-refractivity contribution is 7.03. The van der Waals surface area contributed by atoms with Crippen LogP contribution in [0.25, 0.3) is 0 Å². The van der Waals surface area contributed by atoms with Gasteiger partial charge in [-0.1, -0.05) is 46.5 Å². The number of carbonyl (C=O) groups is 2. The van der Waals surface area contributed by atoms with Gasteiger partial charge in [-0.3, -0.25) is 4.79 Å². The van der Waals surface area contributed by atoms with Crippen molar-refractivity contribution in [1.82, 2.24) is 0 Å². The lowest BCUT2D eigenvalue weighted by Crippen LogP contribution is -2.50. The first kappa shape index (κ1) is 20.5. The summed E-state index contributed by atoms with van der Waals surface area (Å²) in [6.45, 7) is 20.9. The maximum Gasteiger partial charge on any atom is 0.192 e. The summed E-state index contributed by atoms with van der Waals surface area (Å²) in [5, 5.41) is 0.346. The van der Waals surface area contributed by atoms with Crippen molar-refractivity contribution in [3.8, 4) is 0 Å². The van der Waals surface area contributed by atoms with Gasteiger partial charge in [0, 0.05) is 18.3 Å². The molecule has 5 heteroatoms. The van der Waals surface area contributed by atoms with Crippen molar-refractivity contribution in [2.45, 2.75) is 77.5 Å². The Morgan fingerprint density at radius 3 is 2.17 bits per heavy atom. The average molecular weight is 355 g/mol. The lowest BCUT2D eigenvalue weighted by atomic mass is 9.92. The lowest BCUT2D eigenvalue weighted by Gasteiger charge is -2.40. The molecule has 0 aromatic carbocycles. The van der Waals surface area contributed by atoms with E-state index in [1.165, 1.54) is 0 Å². The summed E-state index contributed by atoms with van der Waals surface area (Å²) >= 11 is 0. The summed E-state index contributed by atoms with van der Waals surface area (Å²) < 4.78 is 6.52. The minimum Gasteiger partial charge on any atom is -0.413 e. The van der Waals surface area contributed by atoms with Gasteiger partial charge < -0.3 is 9.22 Å². The molecular weight excluding hydrogens is 320 g/mol. The molecule has 3 unspecified atom stereocenters. The fourth-order valence-electron chi connectivity index (χ4n) is 2.92. The predicted octanol–water partition coefficient (Wildman–Crippen LogP) is 4.60. The van der Waals surface area contributed by atoms with Gasteiger partial charge >= 0.3 is 0 Å². The Kier molecular flexibility index (Phi) is 6.04. The Bertz CT molecular complexity index is 483. The Morgan fingerprint density at radius 1 is 1.26 bits per heavy atom. The number of allylic oxidation sites excluding steroid dienone is 1. The zero-order valence-corrected chi connectivity index (χ0v) is 18.2. The zero-order valence-electron chi connectivity index (χ0n) is 16.2. The summed E-state index contributed by atoms with van der Waals surface area (Å²) in [6.07, 6.45) is 2.48. The Hall–Kier alpha value is -0.526. The van der Waals surface area contributed by atoms with Crippen LogP contribution in [0.4, 0.5) is 0 Å². The monoisotopic (exact) mass is 354 g/mol. The van der Waals surface area contributed by atoms with E-state index in [-0.39, 0.29) is 34.2 Å². The third kappa shape index (κ3) is 4.51. The molecule has 132 valence electrons. The summed E-state index contributed by atoms with van der Waals surface area (Å²) in [7, 11) is -3.99. The van der Waals surface area contributed by atoms with Crippen molar-refractivity contribution in [3.05, 3.63) is 12.7 Å². The number of ketones is 1. The molecule has 0 heterocycles. The molecule has 23 heavy (non-hydrogen) atoms. The number of carbonyl (C=O) groups excluding carboxylic acids is 2. The number of rotatable bonds is 6. The molecule has 0 aliphatic heterocycles. The van der Waals surface area contributed by atoms with Crippen molar-refractivity contribution in [2.24, 2.45) is 11.8 Å². The molecule has 0 spiro atoms.